The number of benzene rings is 4. The molecule has 0 saturated heterocycles. The quantitative estimate of drug-likeness (QED) is 0.192. The summed E-state index contributed by atoms with van der Waals surface area (Å²) in [4.78, 5) is 0. The van der Waals surface area contributed by atoms with Crippen LogP contribution in [0.3, 0.4) is 0 Å². The van der Waals surface area contributed by atoms with Gasteiger partial charge in [-0.2, -0.15) is 0 Å². The normalized spacial score (nSPS) is 13.4. The maximum atomic E-state index is 11.3. The molecule has 0 aromatic heterocycles. The first-order chi connectivity index (χ1) is 18.1. The average Bonchev–Trinajstić information content (AvgIpc) is 3.22. The number of aromatic hydroxyl groups is 2. The minimum Gasteiger partial charge on any atom is -0.508 e. The summed E-state index contributed by atoms with van der Waals surface area (Å²) in [6.07, 6.45) is 8.23. The third kappa shape index (κ3) is 4.23. The highest BCUT2D eigenvalue weighted by Crippen LogP contribution is 2.58. The lowest BCUT2D eigenvalue weighted by atomic mass is 9.64. The summed E-state index contributed by atoms with van der Waals surface area (Å²) in [6, 6.07) is 29.4. The van der Waals surface area contributed by atoms with Crippen LogP contribution in [-0.4, -0.2) is 10.2 Å². The van der Waals surface area contributed by atoms with E-state index in [4.69, 9.17) is 0 Å². The van der Waals surface area contributed by atoms with E-state index in [1.807, 2.05) is 24.3 Å². The van der Waals surface area contributed by atoms with Gasteiger partial charge >= 0.3 is 0 Å². The lowest BCUT2D eigenvalue weighted by Gasteiger charge is -2.37. The van der Waals surface area contributed by atoms with E-state index in [0.29, 0.717) is 11.5 Å². The van der Waals surface area contributed by atoms with E-state index >= 15 is 0 Å². The van der Waals surface area contributed by atoms with Gasteiger partial charge < -0.3 is 10.2 Å². The molecule has 0 amide bonds. The van der Waals surface area contributed by atoms with Gasteiger partial charge in [0.15, 0.2) is 0 Å². The van der Waals surface area contributed by atoms with Crippen LogP contribution in [0.5, 0.6) is 11.5 Å². The van der Waals surface area contributed by atoms with Crippen molar-refractivity contribution < 1.29 is 10.2 Å². The van der Waals surface area contributed by atoms with Gasteiger partial charge in [-0.3, -0.25) is 0 Å². The zero-order valence-corrected chi connectivity index (χ0v) is 22.1. The van der Waals surface area contributed by atoms with Crippen LogP contribution in [0.25, 0.3) is 11.1 Å². The fraction of sp³-hybridized carbons (Fsp3) is 0.314. The van der Waals surface area contributed by atoms with Gasteiger partial charge in [0, 0.05) is 0 Å². The number of hydrogen-bond acceptors (Lipinski definition) is 2. The molecule has 0 saturated carbocycles. The van der Waals surface area contributed by atoms with Crippen molar-refractivity contribution in [3.63, 3.8) is 0 Å². The molecule has 1 aliphatic rings. The molecule has 190 valence electrons. The van der Waals surface area contributed by atoms with Gasteiger partial charge in [0.05, 0.1) is 5.41 Å². The summed E-state index contributed by atoms with van der Waals surface area (Å²) < 4.78 is 0. The number of fused-ring (bicyclic) bond motifs is 3. The van der Waals surface area contributed by atoms with Gasteiger partial charge in [-0.15, -0.1) is 0 Å². The molecule has 2 N–H and O–H groups in total. The van der Waals surface area contributed by atoms with E-state index in [2.05, 4.69) is 74.5 Å². The molecule has 4 aromatic rings. The van der Waals surface area contributed by atoms with E-state index in [9.17, 15) is 10.2 Å². The molecule has 0 unspecified atom stereocenters. The van der Waals surface area contributed by atoms with Gasteiger partial charge in [0.2, 0.25) is 0 Å². The van der Waals surface area contributed by atoms with Crippen LogP contribution in [0.1, 0.15) is 85.8 Å². The van der Waals surface area contributed by atoms with Crippen molar-refractivity contribution in [1.29, 1.82) is 0 Å². The second-order valence-electron chi connectivity index (χ2n) is 10.4. The fourth-order valence-corrected chi connectivity index (χ4v) is 6.44. The third-order valence-corrected chi connectivity index (χ3v) is 8.12. The predicted molar refractivity (Wildman–Crippen MR) is 154 cm³/mol. The molecule has 0 spiro atoms. The Bertz CT molecular complexity index is 1280. The Morgan fingerprint density at radius 1 is 0.486 bits per heavy atom. The van der Waals surface area contributed by atoms with E-state index in [0.717, 1.165) is 73.6 Å². The molecule has 0 heterocycles. The van der Waals surface area contributed by atoms with Crippen molar-refractivity contribution in [2.75, 3.05) is 0 Å². The summed E-state index contributed by atoms with van der Waals surface area (Å²) in [7, 11) is 0. The maximum absolute atomic E-state index is 11.3. The van der Waals surface area contributed by atoms with E-state index < -0.39 is 5.41 Å². The van der Waals surface area contributed by atoms with Crippen LogP contribution >= 0.6 is 0 Å². The summed E-state index contributed by atoms with van der Waals surface area (Å²) in [5, 5.41) is 22.5. The van der Waals surface area contributed by atoms with Crippen LogP contribution < -0.4 is 0 Å². The van der Waals surface area contributed by atoms with E-state index in [-0.39, 0.29) is 0 Å². The van der Waals surface area contributed by atoms with Crippen LogP contribution in [0.15, 0.2) is 84.9 Å². The van der Waals surface area contributed by atoms with Crippen molar-refractivity contribution in [2.45, 2.75) is 70.6 Å². The lowest BCUT2D eigenvalue weighted by molar-refractivity contribution is 0.461. The van der Waals surface area contributed by atoms with Crippen LogP contribution in [0.2, 0.25) is 0 Å². The van der Waals surface area contributed by atoms with Gasteiger partial charge in [-0.1, -0.05) is 112 Å². The number of unbranched alkanes of at least 4 members (excludes halogenated alkanes) is 4. The summed E-state index contributed by atoms with van der Waals surface area (Å²) >= 11 is 0. The van der Waals surface area contributed by atoms with Crippen LogP contribution in [-0.2, 0) is 18.3 Å². The van der Waals surface area contributed by atoms with Gasteiger partial charge in [0.25, 0.3) is 0 Å². The molecule has 0 radical (unpaired) electrons. The molecule has 2 heteroatoms. The highest BCUT2D eigenvalue weighted by Gasteiger charge is 2.48. The van der Waals surface area contributed by atoms with Crippen molar-refractivity contribution in [2.24, 2.45) is 0 Å². The van der Waals surface area contributed by atoms with Crippen LogP contribution in [0, 0.1) is 0 Å². The monoisotopic (exact) mass is 490 g/mol. The minimum absolute atomic E-state index is 0.363. The number of phenolic OH excluding ortho intramolecular Hbond substituents is 2. The highest BCUT2D eigenvalue weighted by molar-refractivity contribution is 5.87. The van der Waals surface area contributed by atoms with Gasteiger partial charge in [-0.05, 0) is 82.3 Å². The zero-order valence-electron chi connectivity index (χ0n) is 22.1. The first-order valence-corrected chi connectivity index (χ1v) is 14.0. The molecule has 2 nitrogen and oxygen atoms in total. The number of hydrogen-bond donors (Lipinski definition) is 2. The summed E-state index contributed by atoms with van der Waals surface area (Å²) in [6.45, 7) is 4.43. The zero-order chi connectivity index (χ0) is 25.8. The molecule has 5 rings (SSSR count). The first-order valence-electron chi connectivity index (χ1n) is 14.0. The maximum Gasteiger partial charge on any atom is 0.119 e. The largest absolute Gasteiger partial charge is 0.508 e. The Hall–Kier alpha value is -3.52. The van der Waals surface area contributed by atoms with Crippen LogP contribution in [0.4, 0.5) is 0 Å². The molecular formula is C35H38O2. The average molecular weight is 491 g/mol. The molecule has 0 atom stereocenters. The SMILES string of the molecule is CCCCCc1c(O)cccc1C1(c2cccc(O)c2CCCCC)c2ccccc2-c2ccccc21. The van der Waals surface area contributed by atoms with Gasteiger partial charge in [-0.25, -0.2) is 0 Å². The smallest absolute Gasteiger partial charge is 0.119 e. The standard InChI is InChI=1S/C35H38O2/c1-3-5-7-17-27-31(21-13-23-33(27)36)35(32-22-14-24-34(37)28(32)18-8-6-4-2)29-19-11-9-15-25(29)26-16-10-12-20-30(26)35/h9-16,19-24,36-37H,3-8,17-18H2,1-2H3. The molecule has 0 aliphatic heterocycles. The van der Waals surface area contributed by atoms with Crippen molar-refractivity contribution in [1.82, 2.24) is 0 Å². The molecule has 0 bridgehead atoms. The van der Waals surface area contributed by atoms with Crippen molar-refractivity contribution >= 4 is 0 Å². The van der Waals surface area contributed by atoms with E-state index in [1.165, 1.54) is 22.3 Å². The number of phenols is 2. The van der Waals surface area contributed by atoms with E-state index in [1.54, 1.807) is 0 Å². The topological polar surface area (TPSA) is 40.5 Å². The van der Waals surface area contributed by atoms with Crippen molar-refractivity contribution in [3.8, 4) is 22.6 Å². The summed E-state index contributed by atoms with van der Waals surface area (Å²) in [5.74, 6) is 0.727. The van der Waals surface area contributed by atoms with Crippen molar-refractivity contribution in [3.05, 3.63) is 118 Å². The fourth-order valence-electron chi connectivity index (χ4n) is 6.44. The summed E-state index contributed by atoms with van der Waals surface area (Å²) in [5.41, 5.74) is 8.57. The predicted octanol–water partition coefficient (Wildman–Crippen LogP) is 8.93. The first kappa shape index (κ1) is 25.1. The molecule has 1 aliphatic carbocycles. The lowest BCUT2D eigenvalue weighted by Crippen LogP contribution is -2.31. The second kappa shape index (κ2) is 10.8. The molecule has 4 aromatic carbocycles. The Morgan fingerprint density at radius 2 is 0.892 bits per heavy atom. The Morgan fingerprint density at radius 3 is 1.32 bits per heavy atom. The third-order valence-electron chi connectivity index (χ3n) is 8.12. The number of rotatable bonds is 10. The minimum atomic E-state index is -0.617. The Balaban J connectivity index is 1.88. The molecule has 37 heavy (non-hydrogen) atoms. The highest BCUT2D eigenvalue weighted by atomic mass is 16.3. The molecule has 0 fully saturated rings. The van der Waals surface area contributed by atoms with Gasteiger partial charge in [0.1, 0.15) is 11.5 Å². The Kier molecular flexibility index (Phi) is 7.37. The molecular weight excluding hydrogens is 452 g/mol. The second-order valence-corrected chi connectivity index (χ2v) is 10.4. The Labute approximate surface area is 221 Å².